The largest absolute Gasteiger partial charge is 0.390 e. The number of aromatic nitrogens is 3. The van der Waals surface area contributed by atoms with Crippen molar-refractivity contribution in [1.82, 2.24) is 15.0 Å². The smallest absolute Gasteiger partial charge is 0.111 e. The number of hydrogen-bond donors (Lipinski definition) is 1. The first-order valence-corrected chi connectivity index (χ1v) is 7.47. The van der Waals surface area contributed by atoms with Crippen LogP contribution in [0.1, 0.15) is 22.5 Å². The first-order valence-electron chi connectivity index (χ1n) is 7.47. The molecule has 1 N–H and O–H groups in total. The van der Waals surface area contributed by atoms with Crippen LogP contribution < -0.4 is 0 Å². The third kappa shape index (κ3) is 3.40. The lowest BCUT2D eigenvalue weighted by molar-refractivity contribution is 0.275. The van der Waals surface area contributed by atoms with Crippen molar-refractivity contribution in [3.63, 3.8) is 0 Å². The number of benzene rings is 2. The SMILES string of the molecule is OCc1nnn(Cc2ccccc2)c1CCc1ccccc1. The fraction of sp³-hybridized carbons (Fsp3) is 0.222. The summed E-state index contributed by atoms with van der Waals surface area (Å²) in [4.78, 5) is 0. The molecule has 0 atom stereocenters. The molecule has 0 fully saturated rings. The van der Waals surface area contributed by atoms with E-state index in [2.05, 4.69) is 34.6 Å². The van der Waals surface area contributed by atoms with Crippen LogP contribution in [-0.4, -0.2) is 20.1 Å². The van der Waals surface area contributed by atoms with E-state index in [1.807, 2.05) is 41.1 Å². The third-order valence-electron chi connectivity index (χ3n) is 3.74. The Balaban J connectivity index is 1.78. The Morgan fingerprint density at radius 3 is 2.09 bits per heavy atom. The normalized spacial score (nSPS) is 10.8. The highest BCUT2D eigenvalue weighted by Gasteiger charge is 2.12. The van der Waals surface area contributed by atoms with Crippen molar-refractivity contribution in [3.8, 4) is 0 Å². The van der Waals surface area contributed by atoms with Gasteiger partial charge < -0.3 is 5.11 Å². The molecule has 0 unspecified atom stereocenters. The van der Waals surface area contributed by atoms with Crippen LogP contribution in [-0.2, 0) is 26.0 Å². The second-order valence-electron chi connectivity index (χ2n) is 5.27. The second-order valence-corrected chi connectivity index (χ2v) is 5.27. The summed E-state index contributed by atoms with van der Waals surface area (Å²) in [6.07, 6.45) is 1.73. The van der Waals surface area contributed by atoms with Crippen molar-refractivity contribution in [1.29, 1.82) is 0 Å². The highest BCUT2D eigenvalue weighted by Crippen LogP contribution is 2.13. The van der Waals surface area contributed by atoms with Crippen LogP contribution in [0.3, 0.4) is 0 Å². The van der Waals surface area contributed by atoms with Gasteiger partial charge in [-0.1, -0.05) is 65.9 Å². The molecule has 0 saturated heterocycles. The second kappa shape index (κ2) is 7.00. The van der Waals surface area contributed by atoms with Crippen LogP contribution in [0.4, 0.5) is 0 Å². The van der Waals surface area contributed by atoms with Gasteiger partial charge in [0.05, 0.1) is 18.8 Å². The Morgan fingerprint density at radius 2 is 1.45 bits per heavy atom. The first-order chi connectivity index (χ1) is 10.9. The molecule has 0 bridgehead atoms. The molecule has 112 valence electrons. The summed E-state index contributed by atoms with van der Waals surface area (Å²) in [5.41, 5.74) is 4.14. The van der Waals surface area contributed by atoms with Gasteiger partial charge in [0.15, 0.2) is 0 Å². The Kier molecular flexibility index (Phi) is 4.61. The van der Waals surface area contributed by atoms with Crippen LogP contribution in [0.2, 0.25) is 0 Å². The summed E-state index contributed by atoms with van der Waals surface area (Å²) >= 11 is 0. The number of hydrogen-bond acceptors (Lipinski definition) is 3. The van der Waals surface area contributed by atoms with E-state index in [9.17, 15) is 5.11 Å². The van der Waals surface area contributed by atoms with E-state index in [1.54, 1.807) is 0 Å². The van der Waals surface area contributed by atoms with E-state index in [4.69, 9.17) is 0 Å². The molecule has 1 heterocycles. The van der Waals surface area contributed by atoms with Gasteiger partial charge in [0.1, 0.15) is 5.69 Å². The number of nitrogens with zero attached hydrogens (tertiary/aromatic N) is 3. The molecule has 4 nitrogen and oxygen atoms in total. The minimum atomic E-state index is -0.0705. The summed E-state index contributed by atoms with van der Waals surface area (Å²) in [6, 6.07) is 20.5. The summed E-state index contributed by atoms with van der Waals surface area (Å²) in [6.45, 7) is 0.608. The molecule has 0 spiro atoms. The van der Waals surface area contributed by atoms with Gasteiger partial charge in [-0.15, -0.1) is 5.10 Å². The van der Waals surface area contributed by atoms with Gasteiger partial charge in [-0.2, -0.15) is 0 Å². The first kappa shape index (κ1) is 14.5. The minimum absolute atomic E-state index is 0.0705. The fourth-order valence-corrected chi connectivity index (χ4v) is 2.56. The van der Waals surface area contributed by atoms with Gasteiger partial charge in [-0.05, 0) is 24.0 Å². The molecule has 0 saturated carbocycles. The van der Waals surface area contributed by atoms with Gasteiger partial charge in [0, 0.05) is 0 Å². The number of aliphatic hydroxyl groups excluding tert-OH is 1. The summed E-state index contributed by atoms with van der Waals surface area (Å²) < 4.78 is 1.89. The standard InChI is InChI=1S/C18H19N3O/c22-14-17-18(12-11-15-7-3-1-4-8-15)21(20-19-17)13-16-9-5-2-6-10-16/h1-10,22H,11-14H2. The molecule has 4 heteroatoms. The molecule has 0 radical (unpaired) electrons. The maximum absolute atomic E-state index is 9.48. The van der Waals surface area contributed by atoms with Gasteiger partial charge in [-0.3, -0.25) is 0 Å². The molecular weight excluding hydrogens is 274 g/mol. The lowest BCUT2D eigenvalue weighted by atomic mass is 10.1. The number of aryl methyl sites for hydroxylation is 1. The van der Waals surface area contributed by atoms with E-state index in [1.165, 1.54) is 11.1 Å². The van der Waals surface area contributed by atoms with Gasteiger partial charge in [0.25, 0.3) is 0 Å². The lowest BCUT2D eigenvalue weighted by Crippen LogP contribution is -2.09. The van der Waals surface area contributed by atoms with Crippen LogP contribution in [0.15, 0.2) is 60.7 Å². The maximum atomic E-state index is 9.48. The average Bonchev–Trinajstić information content (AvgIpc) is 2.96. The Morgan fingerprint density at radius 1 is 0.818 bits per heavy atom. The molecule has 0 aliphatic carbocycles. The van der Waals surface area contributed by atoms with Gasteiger partial charge in [-0.25, -0.2) is 4.68 Å². The quantitative estimate of drug-likeness (QED) is 0.760. The summed E-state index contributed by atoms with van der Waals surface area (Å²) in [5.74, 6) is 0. The predicted octanol–water partition coefficient (Wildman–Crippen LogP) is 2.60. The van der Waals surface area contributed by atoms with E-state index < -0.39 is 0 Å². The Bertz CT molecular complexity index is 708. The van der Waals surface area contributed by atoms with Crippen LogP contribution in [0.25, 0.3) is 0 Å². The monoisotopic (exact) mass is 293 g/mol. The zero-order chi connectivity index (χ0) is 15.2. The summed E-state index contributed by atoms with van der Waals surface area (Å²) in [7, 11) is 0. The van der Waals surface area contributed by atoms with E-state index >= 15 is 0 Å². The highest BCUT2D eigenvalue weighted by molar-refractivity contribution is 5.20. The van der Waals surface area contributed by atoms with Crippen LogP contribution >= 0.6 is 0 Å². The van der Waals surface area contributed by atoms with Crippen molar-refractivity contribution in [2.45, 2.75) is 26.0 Å². The van der Waals surface area contributed by atoms with Crippen molar-refractivity contribution < 1.29 is 5.11 Å². The minimum Gasteiger partial charge on any atom is -0.390 e. The number of rotatable bonds is 6. The Hall–Kier alpha value is -2.46. The lowest BCUT2D eigenvalue weighted by Gasteiger charge is -2.08. The van der Waals surface area contributed by atoms with Crippen molar-refractivity contribution in [2.24, 2.45) is 0 Å². The van der Waals surface area contributed by atoms with Crippen LogP contribution in [0, 0.1) is 0 Å². The highest BCUT2D eigenvalue weighted by atomic mass is 16.3. The van der Waals surface area contributed by atoms with E-state index in [0.29, 0.717) is 12.2 Å². The summed E-state index contributed by atoms with van der Waals surface area (Å²) in [5, 5.41) is 17.8. The molecule has 3 aromatic rings. The van der Waals surface area contributed by atoms with E-state index in [-0.39, 0.29) is 6.61 Å². The molecular formula is C18H19N3O. The molecule has 3 rings (SSSR count). The van der Waals surface area contributed by atoms with Crippen LogP contribution in [0.5, 0.6) is 0 Å². The zero-order valence-corrected chi connectivity index (χ0v) is 12.4. The van der Waals surface area contributed by atoms with Crippen molar-refractivity contribution in [2.75, 3.05) is 0 Å². The van der Waals surface area contributed by atoms with Gasteiger partial charge >= 0.3 is 0 Å². The molecule has 1 aromatic heterocycles. The average molecular weight is 293 g/mol. The fourth-order valence-electron chi connectivity index (χ4n) is 2.56. The predicted molar refractivity (Wildman–Crippen MR) is 85.3 cm³/mol. The van der Waals surface area contributed by atoms with Crippen molar-refractivity contribution >= 4 is 0 Å². The Labute approximate surface area is 130 Å². The molecule has 22 heavy (non-hydrogen) atoms. The molecule has 2 aromatic carbocycles. The molecule has 0 aliphatic rings. The zero-order valence-electron chi connectivity index (χ0n) is 12.4. The molecule has 0 amide bonds. The number of aliphatic hydroxyl groups is 1. The molecule has 0 aliphatic heterocycles. The topological polar surface area (TPSA) is 50.9 Å². The maximum Gasteiger partial charge on any atom is 0.111 e. The van der Waals surface area contributed by atoms with Gasteiger partial charge in [0.2, 0.25) is 0 Å². The van der Waals surface area contributed by atoms with Crippen molar-refractivity contribution in [3.05, 3.63) is 83.2 Å². The van der Waals surface area contributed by atoms with E-state index in [0.717, 1.165) is 18.5 Å². The third-order valence-corrected chi connectivity index (χ3v) is 3.74.